The summed E-state index contributed by atoms with van der Waals surface area (Å²) in [5, 5.41) is 3.46. The highest BCUT2D eigenvalue weighted by atomic mass is 15.2. The van der Waals surface area contributed by atoms with Gasteiger partial charge in [-0.15, -0.1) is 0 Å². The van der Waals surface area contributed by atoms with Gasteiger partial charge in [-0.2, -0.15) is 0 Å². The number of nitrogens with one attached hydrogen (secondary N) is 1. The van der Waals surface area contributed by atoms with Crippen molar-refractivity contribution in [1.82, 2.24) is 10.2 Å². The van der Waals surface area contributed by atoms with Gasteiger partial charge in [0, 0.05) is 32.2 Å². The fourth-order valence-corrected chi connectivity index (χ4v) is 1.94. The Labute approximate surface area is 82.7 Å². The minimum atomic E-state index is 0.623. The molecule has 0 saturated carbocycles. The van der Waals surface area contributed by atoms with Crippen LogP contribution in [0, 0.1) is 11.8 Å². The van der Waals surface area contributed by atoms with E-state index in [-0.39, 0.29) is 0 Å². The lowest BCUT2D eigenvalue weighted by Gasteiger charge is -2.16. The predicted molar refractivity (Wildman–Crippen MR) is 57.9 cm³/mol. The van der Waals surface area contributed by atoms with Gasteiger partial charge in [-0.3, -0.25) is 0 Å². The monoisotopic (exact) mass is 184 g/mol. The van der Waals surface area contributed by atoms with Crippen LogP contribution in [0.25, 0.3) is 0 Å². The first-order valence-electron chi connectivity index (χ1n) is 5.55. The van der Waals surface area contributed by atoms with Crippen molar-refractivity contribution in [2.75, 3.05) is 26.2 Å². The van der Waals surface area contributed by atoms with E-state index in [0.29, 0.717) is 6.04 Å². The third-order valence-electron chi connectivity index (χ3n) is 3.04. The number of rotatable bonds is 4. The zero-order valence-electron chi connectivity index (χ0n) is 9.51. The molecule has 2 unspecified atom stereocenters. The van der Waals surface area contributed by atoms with E-state index < -0.39 is 0 Å². The molecule has 2 atom stereocenters. The Kier molecular flexibility index (Phi) is 4.20. The molecule has 1 N–H and O–H groups in total. The number of likely N-dealkylation sites (tertiary alicyclic amines) is 1. The van der Waals surface area contributed by atoms with Crippen molar-refractivity contribution in [3.05, 3.63) is 0 Å². The fraction of sp³-hybridized carbons (Fsp3) is 1.00. The second kappa shape index (κ2) is 4.97. The number of hydrogen-bond donors (Lipinski definition) is 1. The molecule has 2 heteroatoms. The molecule has 78 valence electrons. The largest absolute Gasteiger partial charge is 0.313 e. The molecule has 0 aliphatic carbocycles. The molecule has 1 heterocycles. The predicted octanol–water partition coefficient (Wildman–Crippen LogP) is 1.57. The summed E-state index contributed by atoms with van der Waals surface area (Å²) in [6.07, 6.45) is 0. The van der Waals surface area contributed by atoms with E-state index in [1.165, 1.54) is 19.6 Å². The van der Waals surface area contributed by atoms with Gasteiger partial charge in [0.05, 0.1) is 0 Å². The second-order valence-electron chi connectivity index (χ2n) is 4.82. The van der Waals surface area contributed by atoms with Crippen LogP contribution in [0.3, 0.4) is 0 Å². The third kappa shape index (κ3) is 3.65. The molecule has 0 radical (unpaired) electrons. The quantitative estimate of drug-likeness (QED) is 0.713. The van der Waals surface area contributed by atoms with Gasteiger partial charge in [0.1, 0.15) is 0 Å². The van der Waals surface area contributed by atoms with Crippen molar-refractivity contribution < 1.29 is 0 Å². The molecule has 2 nitrogen and oxygen atoms in total. The van der Waals surface area contributed by atoms with E-state index in [1.807, 2.05) is 0 Å². The zero-order valence-corrected chi connectivity index (χ0v) is 9.51. The second-order valence-corrected chi connectivity index (χ2v) is 4.82. The first-order valence-corrected chi connectivity index (χ1v) is 5.55. The van der Waals surface area contributed by atoms with Gasteiger partial charge in [-0.1, -0.05) is 27.7 Å². The SMILES string of the molecule is CC(C)NCCN1CC(C)C(C)C1. The summed E-state index contributed by atoms with van der Waals surface area (Å²) in [5.41, 5.74) is 0. The van der Waals surface area contributed by atoms with E-state index >= 15 is 0 Å². The summed E-state index contributed by atoms with van der Waals surface area (Å²) in [6.45, 7) is 14.1. The molecule has 1 saturated heterocycles. The minimum absolute atomic E-state index is 0.623. The van der Waals surface area contributed by atoms with Gasteiger partial charge in [0.15, 0.2) is 0 Å². The Morgan fingerprint density at radius 1 is 1.23 bits per heavy atom. The third-order valence-corrected chi connectivity index (χ3v) is 3.04. The summed E-state index contributed by atoms with van der Waals surface area (Å²) in [7, 11) is 0. The first kappa shape index (κ1) is 11.0. The van der Waals surface area contributed by atoms with Gasteiger partial charge in [-0.05, 0) is 11.8 Å². The highest BCUT2D eigenvalue weighted by Gasteiger charge is 2.25. The summed E-state index contributed by atoms with van der Waals surface area (Å²) < 4.78 is 0. The molecule has 0 spiro atoms. The zero-order chi connectivity index (χ0) is 9.84. The van der Waals surface area contributed by atoms with Gasteiger partial charge in [-0.25, -0.2) is 0 Å². The van der Waals surface area contributed by atoms with Crippen LogP contribution in [-0.2, 0) is 0 Å². The normalized spacial score (nSPS) is 30.2. The molecule has 1 aliphatic rings. The molecule has 0 aromatic rings. The highest BCUT2D eigenvalue weighted by Crippen LogP contribution is 2.21. The van der Waals surface area contributed by atoms with Crippen LogP contribution in [0.15, 0.2) is 0 Å². The standard InChI is InChI=1S/C11H24N2/c1-9(2)12-5-6-13-7-10(3)11(4)8-13/h9-12H,5-8H2,1-4H3. The Morgan fingerprint density at radius 2 is 1.77 bits per heavy atom. The maximum atomic E-state index is 3.46. The van der Waals surface area contributed by atoms with Crippen molar-refractivity contribution in [3.63, 3.8) is 0 Å². The van der Waals surface area contributed by atoms with Gasteiger partial charge in [0.25, 0.3) is 0 Å². The first-order chi connectivity index (χ1) is 6.09. The van der Waals surface area contributed by atoms with E-state index in [2.05, 4.69) is 37.9 Å². The Bertz CT molecular complexity index is 135. The van der Waals surface area contributed by atoms with E-state index in [4.69, 9.17) is 0 Å². The van der Waals surface area contributed by atoms with Crippen LogP contribution in [0.1, 0.15) is 27.7 Å². The molecular weight excluding hydrogens is 160 g/mol. The highest BCUT2D eigenvalue weighted by molar-refractivity contribution is 4.78. The number of nitrogens with zero attached hydrogens (tertiary/aromatic N) is 1. The molecular formula is C11H24N2. The molecule has 0 bridgehead atoms. The molecule has 1 fully saturated rings. The summed E-state index contributed by atoms with van der Waals surface area (Å²) in [4.78, 5) is 2.57. The van der Waals surface area contributed by atoms with E-state index in [9.17, 15) is 0 Å². The molecule has 0 aromatic heterocycles. The summed E-state index contributed by atoms with van der Waals surface area (Å²) >= 11 is 0. The topological polar surface area (TPSA) is 15.3 Å². The molecule has 1 aliphatic heterocycles. The molecule has 1 rings (SSSR count). The number of hydrogen-bond acceptors (Lipinski definition) is 2. The molecule has 13 heavy (non-hydrogen) atoms. The molecule has 0 amide bonds. The maximum absolute atomic E-state index is 3.46. The average molecular weight is 184 g/mol. The maximum Gasteiger partial charge on any atom is 0.0107 e. The van der Waals surface area contributed by atoms with Crippen LogP contribution >= 0.6 is 0 Å². The van der Waals surface area contributed by atoms with Gasteiger partial charge in [0.2, 0.25) is 0 Å². The van der Waals surface area contributed by atoms with Crippen molar-refractivity contribution >= 4 is 0 Å². The molecule has 0 aromatic carbocycles. The van der Waals surface area contributed by atoms with Crippen molar-refractivity contribution in [2.45, 2.75) is 33.7 Å². The lowest BCUT2D eigenvalue weighted by Crippen LogP contribution is -2.33. The van der Waals surface area contributed by atoms with Crippen LogP contribution in [0.5, 0.6) is 0 Å². The Morgan fingerprint density at radius 3 is 2.23 bits per heavy atom. The van der Waals surface area contributed by atoms with Crippen molar-refractivity contribution in [2.24, 2.45) is 11.8 Å². The lowest BCUT2D eigenvalue weighted by molar-refractivity contribution is 0.317. The van der Waals surface area contributed by atoms with Crippen LogP contribution < -0.4 is 5.32 Å². The van der Waals surface area contributed by atoms with Crippen molar-refractivity contribution in [1.29, 1.82) is 0 Å². The van der Waals surface area contributed by atoms with E-state index in [0.717, 1.165) is 18.4 Å². The lowest BCUT2D eigenvalue weighted by atomic mass is 10.0. The van der Waals surface area contributed by atoms with Gasteiger partial charge >= 0.3 is 0 Å². The van der Waals surface area contributed by atoms with Crippen LogP contribution in [-0.4, -0.2) is 37.1 Å². The van der Waals surface area contributed by atoms with Gasteiger partial charge < -0.3 is 10.2 Å². The summed E-state index contributed by atoms with van der Waals surface area (Å²) in [6, 6.07) is 0.623. The Hall–Kier alpha value is -0.0800. The minimum Gasteiger partial charge on any atom is -0.313 e. The van der Waals surface area contributed by atoms with Crippen LogP contribution in [0.2, 0.25) is 0 Å². The smallest absolute Gasteiger partial charge is 0.0107 e. The Balaban J connectivity index is 2.10. The van der Waals surface area contributed by atoms with E-state index in [1.54, 1.807) is 0 Å². The fourth-order valence-electron chi connectivity index (χ4n) is 1.94. The van der Waals surface area contributed by atoms with Crippen LogP contribution in [0.4, 0.5) is 0 Å². The average Bonchev–Trinajstić information content (AvgIpc) is 2.30. The summed E-state index contributed by atoms with van der Waals surface area (Å²) in [5.74, 6) is 1.78. The van der Waals surface area contributed by atoms with Crippen molar-refractivity contribution in [3.8, 4) is 0 Å².